The summed E-state index contributed by atoms with van der Waals surface area (Å²) in [6, 6.07) is 12.4. The second-order valence-corrected chi connectivity index (χ2v) is 6.52. The molecule has 29 heavy (non-hydrogen) atoms. The second kappa shape index (κ2) is 7.16. The van der Waals surface area contributed by atoms with Crippen molar-refractivity contribution in [3.8, 4) is 16.9 Å². The van der Waals surface area contributed by atoms with Crippen molar-refractivity contribution < 1.29 is 14.4 Å². The number of imide groups is 2. The molecule has 2 aromatic heterocycles. The summed E-state index contributed by atoms with van der Waals surface area (Å²) in [7, 11) is 2.69. The van der Waals surface area contributed by atoms with E-state index in [0.717, 1.165) is 21.1 Å². The largest absolute Gasteiger partial charge is 0.333 e. The zero-order valence-electron chi connectivity index (χ0n) is 15.8. The Bertz CT molecular complexity index is 1110. The monoisotopic (exact) mass is 387 g/mol. The molecule has 0 atom stereocenters. The first kappa shape index (κ1) is 18.3. The molecule has 1 fully saturated rings. The van der Waals surface area contributed by atoms with Crippen LogP contribution < -0.4 is 0 Å². The smallest absolute Gasteiger partial charge is 0.268 e. The maximum atomic E-state index is 12.6. The SMILES string of the molecule is CN1C(=O)C(=Cc2cn(-c3ccccc3)nc2-c2ccncc2)C(=O)N(C)C1=O. The van der Waals surface area contributed by atoms with E-state index in [4.69, 9.17) is 0 Å². The van der Waals surface area contributed by atoms with Gasteiger partial charge in [-0.3, -0.25) is 24.4 Å². The van der Waals surface area contributed by atoms with Crippen LogP contribution >= 0.6 is 0 Å². The van der Waals surface area contributed by atoms with E-state index >= 15 is 0 Å². The van der Waals surface area contributed by atoms with Crippen LogP contribution in [-0.4, -0.2) is 56.5 Å². The zero-order valence-corrected chi connectivity index (χ0v) is 15.8. The van der Waals surface area contributed by atoms with E-state index < -0.39 is 17.8 Å². The van der Waals surface area contributed by atoms with Gasteiger partial charge in [0.1, 0.15) is 11.3 Å². The Kier molecular flexibility index (Phi) is 4.52. The second-order valence-electron chi connectivity index (χ2n) is 6.52. The molecule has 1 aromatic carbocycles. The van der Waals surface area contributed by atoms with E-state index in [9.17, 15) is 14.4 Å². The number of rotatable bonds is 3. The van der Waals surface area contributed by atoms with Crippen LogP contribution in [0.3, 0.4) is 0 Å². The Morgan fingerprint density at radius 3 is 2.10 bits per heavy atom. The summed E-state index contributed by atoms with van der Waals surface area (Å²) in [6.07, 6.45) is 6.51. The van der Waals surface area contributed by atoms with Gasteiger partial charge in [-0.15, -0.1) is 0 Å². The number of carbonyl (C=O) groups excluding carboxylic acids is 3. The van der Waals surface area contributed by atoms with Crippen LogP contribution in [0.4, 0.5) is 4.79 Å². The number of pyridine rings is 1. The molecule has 1 aliphatic rings. The van der Waals surface area contributed by atoms with Crippen LogP contribution in [0.5, 0.6) is 0 Å². The minimum Gasteiger partial charge on any atom is -0.268 e. The van der Waals surface area contributed by atoms with Crippen molar-refractivity contribution in [2.45, 2.75) is 0 Å². The Morgan fingerprint density at radius 1 is 0.862 bits per heavy atom. The first-order valence-corrected chi connectivity index (χ1v) is 8.84. The van der Waals surface area contributed by atoms with Crippen molar-refractivity contribution >= 4 is 23.9 Å². The van der Waals surface area contributed by atoms with Gasteiger partial charge in [-0.1, -0.05) is 18.2 Å². The molecule has 1 saturated heterocycles. The molecule has 8 heteroatoms. The summed E-state index contributed by atoms with van der Waals surface area (Å²) >= 11 is 0. The first-order chi connectivity index (χ1) is 14.0. The first-order valence-electron chi connectivity index (χ1n) is 8.84. The third-order valence-electron chi connectivity index (χ3n) is 4.66. The van der Waals surface area contributed by atoms with Gasteiger partial charge in [0.15, 0.2) is 0 Å². The normalized spacial score (nSPS) is 14.6. The summed E-state index contributed by atoms with van der Waals surface area (Å²) < 4.78 is 1.68. The Labute approximate surface area is 166 Å². The van der Waals surface area contributed by atoms with Crippen LogP contribution in [0.2, 0.25) is 0 Å². The molecule has 3 aromatic rings. The van der Waals surface area contributed by atoms with Gasteiger partial charge in [0.25, 0.3) is 11.8 Å². The molecule has 0 aliphatic carbocycles. The Balaban J connectivity index is 1.87. The zero-order chi connectivity index (χ0) is 20.5. The molecule has 1 aliphatic heterocycles. The molecule has 0 spiro atoms. The highest BCUT2D eigenvalue weighted by atomic mass is 16.2. The van der Waals surface area contributed by atoms with Gasteiger partial charge < -0.3 is 0 Å². The van der Waals surface area contributed by atoms with Crippen LogP contribution in [0, 0.1) is 0 Å². The van der Waals surface area contributed by atoms with E-state index in [2.05, 4.69) is 10.1 Å². The number of nitrogens with zero attached hydrogens (tertiary/aromatic N) is 5. The van der Waals surface area contributed by atoms with Crippen molar-refractivity contribution in [1.82, 2.24) is 24.6 Å². The number of para-hydroxylation sites is 1. The quantitative estimate of drug-likeness (QED) is 0.509. The number of urea groups is 1. The van der Waals surface area contributed by atoms with Gasteiger partial charge in [0, 0.05) is 43.8 Å². The number of aromatic nitrogens is 3. The number of amides is 4. The van der Waals surface area contributed by atoms with Crippen molar-refractivity contribution in [3.05, 3.63) is 72.2 Å². The standard InChI is InChI=1S/C21H17N5O3/c1-24-19(27)17(20(28)25(2)21(24)29)12-15-13-26(16-6-4-3-5-7-16)23-18(15)14-8-10-22-11-9-14/h3-13H,1-2H3. The summed E-state index contributed by atoms with van der Waals surface area (Å²) in [5.74, 6) is -1.29. The van der Waals surface area contributed by atoms with Gasteiger partial charge in [0.05, 0.1) is 5.69 Å². The average Bonchev–Trinajstić information content (AvgIpc) is 3.19. The van der Waals surface area contributed by atoms with Gasteiger partial charge in [-0.2, -0.15) is 5.10 Å². The summed E-state index contributed by atoms with van der Waals surface area (Å²) in [5.41, 5.74) is 2.69. The number of benzene rings is 1. The molecule has 0 bridgehead atoms. The molecule has 0 radical (unpaired) electrons. The van der Waals surface area contributed by atoms with E-state index in [-0.39, 0.29) is 5.57 Å². The number of likely N-dealkylation sites (N-methyl/N-ethyl adjacent to an activating group) is 2. The molecule has 8 nitrogen and oxygen atoms in total. The van der Waals surface area contributed by atoms with Gasteiger partial charge in [-0.05, 0) is 30.3 Å². The minimum atomic E-state index is -0.661. The number of hydrogen-bond donors (Lipinski definition) is 0. The van der Waals surface area contributed by atoms with Gasteiger partial charge in [-0.25, -0.2) is 9.48 Å². The third-order valence-corrected chi connectivity index (χ3v) is 4.66. The number of barbiturate groups is 1. The van der Waals surface area contributed by atoms with Crippen LogP contribution in [0.15, 0.2) is 66.6 Å². The number of hydrogen-bond acceptors (Lipinski definition) is 5. The van der Waals surface area contributed by atoms with Gasteiger partial charge >= 0.3 is 6.03 Å². The fraction of sp³-hybridized carbons (Fsp3) is 0.0952. The predicted molar refractivity (Wildman–Crippen MR) is 106 cm³/mol. The molecule has 4 amide bonds. The van der Waals surface area contributed by atoms with Crippen molar-refractivity contribution in [3.63, 3.8) is 0 Å². The summed E-state index contributed by atoms with van der Waals surface area (Å²) in [6.45, 7) is 0. The van der Waals surface area contributed by atoms with Crippen molar-refractivity contribution in [2.75, 3.05) is 14.1 Å². The van der Waals surface area contributed by atoms with Crippen molar-refractivity contribution in [1.29, 1.82) is 0 Å². The van der Waals surface area contributed by atoms with E-state index in [1.165, 1.54) is 20.2 Å². The third kappa shape index (κ3) is 3.20. The number of carbonyl (C=O) groups is 3. The molecule has 0 saturated carbocycles. The maximum absolute atomic E-state index is 12.6. The summed E-state index contributed by atoms with van der Waals surface area (Å²) in [4.78, 5) is 43.0. The highest BCUT2D eigenvalue weighted by Gasteiger charge is 2.38. The lowest BCUT2D eigenvalue weighted by atomic mass is 10.0. The molecular formula is C21H17N5O3. The average molecular weight is 387 g/mol. The van der Waals surface area contributed by atoms with E-state index in [1.54, 1.807) is 35.4 Å². The van der Waals surface area contributed by atoms with E-state index in [0.29, 0.717) is 11.3 Å². The van der Waals surface area contributed by atoms with Gasteiger partial charge in [0.2, 0.25) is 0 Å². The molecule has 144 valence electrons. The summed E-state index contributed by atoms with van der Waals surface area (Å²) in [5, 5.41) is 4.65. The highest BCUT2D eigenvalue weighted by Crippen LogP contribution is 2.27. The molecule has 4 rings (SSSR count). The Hall–Kier alpha value is -4.07. The highest BCUT2D eigenvalue weighted by molar-refractivity contribution is 6.30. The Morgan fingerprint density at radius 2 is 1.48 bits per heavy atom. The fourth-order valence-electron chi connectivity index (χ4n) is 3.07. The van der Waals surface area contributed by atoms with E-state index in [1.807, 2.05) is 30.3 Å². The molecule has 0 unspecified atom stereocenters. The molecule has 0 N–H and O–H groups in total. The van der Waals surface area contributed by atoms with Crippen LogP contribution in [-0.2, 0) is 9.59 Å². The van der Waals surface area contributed by atoms with Crippen LogP contribution in [0.1, 0.15) is 5.56 Å². The lowest BCUT2D eigenvalue weighted by Gasteiger charge is -2.28. The fourth-order valence-corrected chi connectivity index (χ4v) is 3.07. The molecule has 3 heterocycles. The predicted octanol–water partition coefficient (Wildman–Crippen LogP) is 2.37. The van der Waals surface area contributed by atoms with Crippen molar-refractivity contribution in [2.24, 2.45) is 0 Å². The lowest BCUT2D eigenvalue weighted by Crippen LogP contribution is -2.52. The lowest BCUT2D eigenvalue weighted by molar-refractivity contribution is -0.134. The minimum absolute atomic E-state index is 0.0995. The topological polar surface area (TPSA) is 88.4 Å². The molecular weight excluding hydrogens is 370 g/mol. The van der Waals surface area contributed by atoms with Crippen LogP contribution in [0.25, 0.3) is 23.0 Å². The maximum Gasteiger partial charge on any atom is 0.333 e.